The Hall–Kier alpha value is -0.460. The van der Waals surface area contributed by atoms with Gasteiger partial charge in [0.05, 0.1) is 17.6 Å². The van der Waals surface area contributed by atoms with Crippen LogP contribution in [0, 0.1) is 0 Å². The summed E-state index contributed by atoms with van der Waals surface area (Å²) in [6.07, 6.45) is 3.76. The summed E-state index contributed by atoms with van der Waals surface area (Å²) in [5.74, 6) is -0.996. The van der Waals surface area contributed by atoms with Crippen LogP contribution in [0.5, 0.6) is 0 Å². The Morgan fingerprint density at radius 2 is 1.36 bits per heavy atom. The van der Waals surface area contributed by atoms with E-state index in [2.05, 4.69) is 0 Å². The van der Waals surface area contributed by atoms with Gasteiger partial charge in [0.1, 0.15) is 0 Å². The lowest BCUT2D eigenvalue weighted by molar-refractivity contribution is -0.130. The van der Waals surface area contributed by atoms with Gasteiger partial charge in [-0.25, -0.2) is 9.59 Å². The highest BCUT2D eigenvalue weighted by atomic mass is 31.1. The summed E-state index contributed by atoms with van der Waals surface area (Å²) in [7, 11) is 0.297. The molecule has 0 aliphatic heterocycles. The number of carbonyl (C=O) groups is 2. The van der Waals surface area contributed by atoms with Gasteiger partial charge < -0.3 is 9.05 Å². The Balaban J connectivity index is 3.68. The number of hydrogen-bond donors (Lipinski definition) is 0. The molecule has 2 unspecified atom stereocenters. The first-order valence-electron chi connectivity index (χ1n) is 4.26. The van der Waals surface area contributed by atoms with Gasteiger partial charge in [-0.1, -0.05) is 13.8 Å². The molecular formula is C8H14O4P2. The molecule has 0 aliphatic carbocycles. The van der Waals surface area contributed by atoms with Crippen molar-refractivity contribution in [1.82, 2.24) is 0 Å². The average molecular weight is 236 g/mol. The van der Waals surface area contributed by atoms with Crippen LogP contribution in [0.1, 0.15) is 13.8 Å². The van der Waals surface area contributed by atoms with Crippen molar-refractivity contribution in [2.45, 2.75) is 13.8 Å². The average Bonchev–Trinajstić information content (AvgIpc) is 2.20. The van der Waals surface area contributed by atoms with Gasteiger partial charge >= 0.3 is 11.9 Å². The van der Waals surface area contributed by atoms with Crippen molar-refractivity contribution >= 4 is 29.6 Å². The normalized spacial score (nSPS) is 11.9. The van der Waals surface area contributed by atoms with Crippen molar-refractivity contribution in [2.75, 3.05) is 12.3 Å². The molecule has 0 heterocycles. The summed E-state index contributed by atoms with van der Waals surface area (Å²) in [6.45, 7) is 3.82. The van der Waals surface area contributed by atoms with Crippen LogP contribution in [0.2, 0.25) is 0 Å². The Bertz CT molecular complexity index is 193. The van der Waals surface area contributed by atoms with E-state index in [1.165, 1.54) is 0 Å². The molecule has 0 rings (SSSR count). The third-order valence-electron chi connectivity index (χ3n) is 0.990. The second-order valence-corrected chi connectivity index (χ2v) is 4.57. The van der Waals surface area contributed by atoms with E-state index in [4.69, 9.17) is 9.05 Å². The maximum Gasteiger partial charge on any atom is 0.333 e. The van der Waals surface area contributed by atoms with Crippen molar-refractivity contribution in [3.05, 3.63) is 12.2 Å². The Kier molecular flexibility index (Phi) is 8.81. The second kappa shape index (κ2) is 9.11. The molecule has 0 saturated heterocycles. The first-order chi connectivity index (χ1) is 6.70. The van der Waals surface area contributed by atoms with Crippen LogP contribution in [0.15, 0.2) is 12.2 Å². The van der Waals surface area contributed by atoms with Crippen LogP contribution < -0.4 is 0 Å². The monoisotopic (exact) mass is 236 g/mol. The van der Waals surface area contributed by atoms with E-state index < -0.39 is 11.9 Å². The molecule has 0 aromatic rings. The van der Waals surface area contributed by atoms with Gasteiger partial charge in [-0.15, -0.1) is 0 Å². The molecular weight excluding hydrogens is 222 g/mol. The van der Waals surface area contributed by atoms with Crippen LogP contribution in [0.3, 0.4) is 0 Å². The quantitative estimate of drug-likeness (QED) is 0.521. The van der Waals surface area contributed by atoms with Gasteiger partial charge in [-0.2, -0.15) is 0 Å². The molecule has 0 amide bonds. The van der Waals surface area contributed by atoms with E-state index in [0.29, 0.717) is 0 Å². The lowest BCUT2D eigenvalue weighted by Crippen LogP contribution is -1.97. The zero-order valence-corrected chi connectivity index (χ0v) is 10.2. The molecule has 0 bridgehead atoms. The zero-order valence-electron chi connectivity index (χ0n) is 8.20. The van der Waals surface area contributed by atoms with E-state index in [1.54, 1.807) is 0 Å². The van der Waals surface area contributed by atoms with Crippen molar-refractivity contribution < 1.29 is 18.6 Å². The third kappa shape index (κ3) is 8.15. The molecule has 14 heavy (non-hydrogen) atoms. The summed E-state index contributed by atoms with van der Waals surface area (Å²) in [4.78, 5) is 21.7. The standard InChI is InChI=1S/C8H14O4P2/c1-3-13-11-7(9)5-6-8(10)12-14-4-2/h5-6,13-14H,3-4H2,1-2H3/b6-5-. The van der Waals surface area contributed by atoms with Crippen LogP contribution in [0.25, 0.3) is 0 Å². The molecule has 2 atom stereocenters. The van der Waals surface area contributed by atoms with Crippen molar-refractivity contribution in [3.8, 4) is 0 Å². The van der Waals surface area contributed by atoms with Gasteiger partial charge in [-0.3, -0.25) is 0 Å². The van der Waals surface area contributed by atoms with Gasteiger partial charge in [0.2, 0.25) is 0 Å². The molecule has 0 fully saturated rings. The summed E-state index contributed by atoms with van der Waals surface area (Å²) in [6, 6.07) is 0. The van der Waals surface area contributed by atoms with E-state index in [0.717, 1.165) is 24.5 Å². The lowest BCUT2D eigenvalue weighted by atomic mass is 10.5. The SMILES string of the molecule is CCPOC(=O)/C=C\C(=O)OPCC. The number of rotatable bonds is 6. The minimum Gasteiger partial charge on any atom is -0.445 e. The molecule has 80 valence electrons. The summed E-state index contributed by atoms with van der Waals surface area (Å²) in [5.41, 5.74) is 0. The molecule has 6 heteroatoms. The zero-order chi connectivity index (χ0) is 10.8. The van der Waals surface area contributed by atoms with E-state index in [-0.39, 0.29) is 17.6 Å². The highest BCUT2D eigenvalue weighted by Gasteiger charge is 1.99. The minimum atomic E-state index is -0.498. The molecule has 0 spiro atoms. The van der Waals surface area contributed by atoms with Crippen LogP contribution in [-0.2, 0) is 18.6 Å². The van der Waals surface area contributed by atoms with Gasteiger partial charge in [0.15, 0.2) is 0 Å². The molecule has 0 aromatic heterocycles. The highest BCUT2D eigenvalue weighted by Crippen LogP contribution is 2.12. The third-order valence-corrected chi connectivity index (χ3v) is 2.26. The van der Waals surface area contributed by atoms with Crippen LogP contribution in [0.4, 0.5) is 0 Å². The second-order valence-electron chi connectivity index (χ2n) is 2.17. The summed E-state index contributed by atoms with van der Waals surface area (Å²) >= 11 is 0. The fraction of sp³-hybridized carbons (Fsp3) is 0.500. The largest absolute Gasteiger partial charge is 0.445 e. The fourth-order valence-electron chi connectivity index (χ4n) is 0.491. The van der Waals surface area contributed by atoms with Gasteiger partial charge in [-0.05, 0) is 12.3 Å². The summed E-state index contributed by atoms with van der Waals surface area (Å²) in [5, 5.41) is 0. The maximum atomic E-state index is 10.9. The van der Waals surface area contributed by atoms with Crippen molar-refractivity contribution in [1.29, 1.82) is 0 Å². The highest BCUT2D eigenvalue weighted by molar-refractivity contribution is 7.33. The van der Waals surface area contributed by atoms with Gasteiger partial charge in [0.25, 0.3) is 0 Å². The number of hydrogen-bond acceptors (Lipinski definition) is 4. The van der Waals surface area contributed by atoms with E-state index in [1.807, 2.05) is 13.8 Å². The Morgan fingerprint density at radius 3 is 1.64 bits per heavy atom. The van der Waals surface area contributed by atoms with Crippen LogP contribution in [-0.4, -0.2) is 24.3 Å². The fourth-order valence-corrected chi connectivity index (χ4v) is 1.20. The van der Waals surface area contributed by atoms with Crippen molar-refractivity contribution in [3.63, 3.8) is 0 Å². The van der Waals surface area contributed by atoms with E-state index in [9.17, 15) is 9.59 Å². The Labute approximate surface area is 87.2 Å². The molecule has 0 aromatic carbocycles. The first-order valence-corrected chi connectivity index (χ1v) is 6.49. The maximum absolute atomic E-state index is 10.9. The van der Waals surface area contributed by atoms with Gasteiger partial charge in [0, 0.05) is 12.2 Å². The molecule has 0 N–H and O–H groups in total. The first kappa shape index (κ1) is 13.5. The smallest absolute Gasteiger partial charge is 0.333 e. The summed E-state index contributed by atoms with van der Waals surface area (Å²) < 4.78 is 9.49. The van der Waals surface area contributed by atoms with Crippen LogP contribution >= 0.6 is 17.6 Å². The molecule has 4 nitrogen and oxygen atoms in total. The predicted octanol–water partition coefficient (Wildman–Crippen LogP) is 1.86. The molecule has 0 saturated carbocycles. The number of carbonyl (C=O) groups excluding carboxylic acids is 2. The molecule has 0 radical (unpaired) electrons. The minimum absolute atomic E-state index is 0.148. The topological polar surface area (TPSA) is 52.6 Å². The van der Waals surface area contributed by atoms with E-state index >= 15 is 0 Å². The Morgan fingerprint density at radius 1 is 1.00 bits per heavy atom. The lowest BCUT2D eigenvalue weighted by Gasteiger charge is -1.98. The van der Waals surface area contributed by atoms with Crippen molar-refractivity contribution in [2.24, 2.45) is 0 Å². The predicted molar refractivity (Wildman–Crippen MR) is 59.0 cm³/mol. The molecule has 0 aliphatic rings.